The summed E-state index contributed by atoms with van der Waals surface area (Å²) in [6.45, 7) is 1.36. The van der Waals surface area contributed by atoms with Gasteiger partial charge in [0.2, 0.25) is 0 Å². The van der Waals surface area contributed by atoms with Crippen molar-refractivity contribution in [3.05, 3.63) is 35.8 Å². The van der Waals surface area contributed by atoms with E-state index in [0.29, 0.717) is 37.3 Å². The third kappa shape index (κ3) is 2.84. The number of hydrogen-bond acceptors (Lipinski definition) is 3. The van der Waals surface area contributed by atoms with Gasteiger partial charge in [0.25, 0.3) is 5.91 Å². The van der Waals surface area contributed by atoms with Crippen molar-refractivity contribution in [3.63, 3.8) is 0 Å². The van der Waals surface area contributed by atoms with E-state index in [1.165, 1.54) is 12.1 Å². The number of H-pyrrole nitrogens is 1. The monoisotopic (exact) mass is 305 g/mol. The van der Waals surface area contributed by atoms with Crippen molar-refractivity contribution in [2.75, 3.05) is 33.7 Å². The average molecular weight is 305 g/mol. The molecular weight excluding hydrogens is 285 g/mol. The van der Waals surface area contributed by atoms with Gasteiger partial charge in [0.15, 0.2) is 0 Å². The van der Waals surface area contributed by atoms with Crippen LogP contribution in [0, 0.1) is 5.82 Å². The SMILES string of the molecule is CN(C)CC1(O)CCN(C(=O)c2cc3ccc(F)cc3[nH]2)C1. The van der Waals surface area contributed by atoms with Crippen molar-refractivity contribution in [2.24, 2.45) is 0 Å². The first-order chi connectivity index (χ1) is 10.4. The fourth-order valence-corrected chi connectivity index (χ4v) is 3.13. The Morgan fingerprint density at radius 2 is 2.23 bits per heavy atom. The van der Waals surface area contributed by atoms with Gasteiger partial charge in [-0.05, 0) is 44.8 Å². The van der Waals surface area contributed by atoms with E-state index in [2.05, 4.69) is 4.98 Å². The van der Waals surface area contributed by atoms with Crippen molar-refractivity contribution in [3.8, 4) is 0 Å². The standard InChI is InChI=1S/C16H20FN3O2/c1-19(2)9-16(22)5-6-20(10-16)15(21)14-7-11-3-4-12(17)8-13(11)18-14/h3-4,7-8,18,22H,5-6,9-10H2,1-2H3. The Bertz CT molecular complexity index is 712. The molecule has 118 valence electrons. The molecule has 2 N–H and O–H groups in total. The number of aromatic amines is 1. The van der Waals surface area contributed by atoms with Crippen molar-refractivity contribution < 1.29 is 14.3 Å². The van der Waals surface area contributed by atoms with Crippen LogP contribution in [-0.2, 0) is 0 Å². The minimum atomic E-state index is -0.864. The first-order valence-electron chi connectivity index (χ1n) is 7.31. The lowest BCUT2D eigenvalue weighted by molar-refractivity contribution is 0.0235. The number of halogens is 1. The van der Waals surface area contributed by atoms with Gasteiger partial charge in [0.05, 0.1) is 12.1 Å². The van der Waals surface area contributed by atoms with Crippen LogP contribution in [0.25, 0.3) is 10.9 Å². The number of likely N-dealkylation sites (tertiary alicyclic amines) is 1. The quantitative estimate of drug-likeness (QED) is 0.902. The number of hydrogen-bond donors (Lipinski definition) is 2. The van der Waals surface area contributed by atoms with Crippen LogP contribution in [-0.4, -0.2) is 65.1 Å². The molecule has 1 aromatic carbocycles. The van der Waals surface area contributed by atoms with E-state index in [1.54, 1.807) is 17.0 Å². The zero-order chi connectivity index (χ0) is 15.9. The van der Waals surface area contributed by atoms with Gasteiger partial charge in [0.1, 0.15) is 11.5 Å². The Labute approximate surface area is 128 Å². The fourth-order valence-electron chi connectivity index (χ4n) is 3.13. The number of amides is 1. The van der Waals surface area contributed by atoms with E-state index < -0.39 is 5.60 Å². The summed E-state index contributed by atoms with van der Waals surface area (Å²) in [6, 6.07) is 6.11. The van der Waals surface area contributed by atoms with Gasteiger partial charge in [0, 0.05) is 24.0 Å². The molecule has 1 aliphatic rings. The van der Waals surface area contributed by atoms with E-state index >= 15 is 0 Å². The second kappa shape index (κ2) is 5.37. The Kier molecular flexibility index (Phi) is 3.66. The Morgan fingerprint density at radius 1 is 1.45 bits per heavy atom. The number of nitrogens with one attached hydrogen (secondary N) is 1. The number of nitrogens with zero attached hydrogens (tertiary/aromatic N) is 2. The number of carbonyl (C=O) groups is 1. The Morgan fingerprint density at radius 3 is 2.95 bits per heavy atom. The maximum atomic E-state index is 13.2. The minimum absolute atomic E-state index is 0.161. The summed E-state index contributed by atoms with van der Waals surface area (Å²) in [5.41, 5.74) is 0.165. The third-order valence-corrected chi connectivity index (χ3v) is 4.04. The van der Waals surface area contributed by atoms with E-state index in [1.807, 2.05) is 19.0 Å². The largest absolute Gasteiger partial charge is 0.387 e. The molecular formula is C16H20FN3O2. The number of benzene rings is 1. The molecule has 0 saturated carbocycles. The summed E-state index contributed by atoms with van der Waals surface area (Å²) in [5.74, 6) is -0.499. The van der Waals surface area contributed by atoms with Crippen LogP contribution in [0.2, 0.25) is 0 Å². The normalized spacial score (nSPS) is 22.0. The van der Waals surface area contributed by atoms with E-state index in [9.17, 15) is 14.3 Å². The molecule has 0 radical (unpaired) electrons. The molecule has 1 fully saturated rings. The minimum Gasteiger partial charge on any atom is -0.387 e. The van der Waals surface area contributed by atoms with Crippen LogP contribution < -0.4 is 0 Å². The summed E-state index contributed by atoms with van der Waals surface area (Å²) >= 11 is 0. The van der Waals surface area contributed by atoms with Crippen LogP contribution >= 0.6 is 0 Å². The van der Waals surface area contributed by atoms with Crippen LogP contribution in [0.1, 0.15) is 16.9 Å². The number of fused-ring (bicyclic) bond motifs is 1. The molecule has 0 spiro atoms. The summed E-state index contributed by atoms with van der Waals surface area (Å²) in [4.78, 5) is 19.1. The van der Waals surface area contributed by atoms with Gasteiger partial charge < -0.3 is 19.9 Å². The lowest BCUT2D eigenvalue weighted by atomic mass is 10.0. The van der Waals surface area contributed by atoms with Crippen LogP contribution in [0.4, 0.5) is 4.39 Å². The number of aromatic nitrogens is 1. The topological polar surface area (TPSA) is 59.6 Å². The molecule has 5 nitrogen and oxygen atoms in total. The first kappa shape index (κ1) is 15.0. The third-order valence-electron chi connectivity index (χ3n) is 4.04. The van der Waals surface area contributed by atoms with Crippen LogP contribution in [0.15, 0.2) is 24.3 Å². The summed E-state index contributed by atoms with van der Waals surface area (Å²) < 4.78 is 13.2. The zero-order valence-electron chi connectivity index (χ0n) is 12.8. The molecule has 1 amide bonds. The Hall–Kier alpha value is -1.92. The van der Waals surface area contributed by atoms with Crippen molar-refractivity contribution in [2.45, 2.75) is 12.0 Å². The summed E-state index contributed by atoms with van der Waals surface area (Å²) in [5, 5.41) is 11.3. The molecule has 2 aromatic rings. The molecule has 1 atom stereocenters. The predicted molar refractivity (Wildman–Crippen MR) is 82.3 cm³/mol. The van der Waals surface area contributed by atoms with Crippen molar-refractivity contribution in [1.29, 1.82) is 0 Å². The van der Waals surface area contributed by atoms with E-state index in [0.717, 1.165) is 5.39 Å². The van der Waals surface area contributed by atoms with Gasteiger partial charge >= 0.3 is 0 Å². The van der Waals surface area contributed by atoms with Gasteiger partial charge in [-0.3, -0.25) is 4.79 Å². The molecule has 6 heteroatoms. The number of β-amino-alcohol motifs (C(OH)–C–C–N with tert-alkyl or cyclic N) is 1. The highest BCUT2D eigenvalue weighted by molar-refractivity contribution is 5.98. The van der Waals surface area contributed by atoms with Crippen LogP contribution in [0.3, 0.4) is 0 Å². The van der Waals surface area contributed by atoms with Crippen molar-refractivity contribution >= 4 is 16.8 Å². The van der Waals surface area contributed by atoms with Gasteiger partial charge in [-0.1, -0.05) is 0 Å². The maximum Gasteiger partial charge on any atom is 0.270 e. The molecule has 3 rings (SSSR count). The smallest absolute Gasteiger partial charge is 0.270 e. The molecule has 1 aliphatic heterocycles. The van der Waals surface area contributed by atoms with E-state index in [-0.39, 0.29) is 11.7 Å². The molecule has 22 heavy (non-hydrogen) atoms. The molecule has 2 heterocycles. The zero-order valence-corrected chi connectivity index (χ0v) is 12.8. The Balaban J connectivity index is 1.79. The maximum absolute atomic E-state index is 13.2. The number of carbonyl (C=O) groups excluding carboxylic acids is 1. The highest BCUT2D eigenvalue weighted by Gasteiger charge is 2.39. The lowest BCUT2D eigenvalue weighted by Gasteiger charge is -2.26. The number of likely N-dealkylation sites (N-methyl/N-ethyl adjacent to an activating group) is 1. The number of rotatable bonds is 3. The fraction of sp³-hybridized carbons (Fsp3) is 0.438. The molecule has 0 bridgehead atoms. The van der Waals surface area contributed by atoms with Crippen LogP contribution in [0.5, 0.6) is 0 Å². The average Bonchev–Trinajstić information content (AvgIpc) is 3.00. The molecule has 1 saturated heterocycles. The van der Waals surface area contributed by atoms with Gasteiger partial charge in [-0.25, -0.2) is 4.39 Å². The predicted octanol–water partition coefficient (Wildman–Crippen LogP) is 1.45. The highest BCUT2D eigenvalue weighted by atomic mass is 19.1. The molecule has 1 aromatic heterocycles. The summed E-state index contributed by atoms with van der Waals surface area (Å²) in [7, 11) is 3.80. The van der Waals surface area contributed by atoms with Gasteiger partial charge in [-0.2, -0.15) is 0 Å². The molecule has 1 unspecified atom stereocenters. The second-order valence-electron chi connectivity index (χ2n) is 6.35. The molecule has 0 aliphatic carbocycles. The summed E-state index contributed by atoms with van der Waals surface area (Å²) in [6.07, 6.45) is 0.561. The number of aliphatic hydroxyl groups is 1. The van der Waals surface area contributed by atoms with Gasteiger partial charge in [-0.15, -0.1) is 0 Å². The second-order valence-corrected chi connectivity index (χ2v) is 6.35. The lowest BCUT2D eigenvalue weighted by Crippen LogP contribution is -2.43. The first-order valence-corrected chi connectivity index (χ1v) is 7.31. The van der Waals surface area contributed by atoms with E-state index in [4.69, 9.17) is 0 Å². The van der Waals surface area contributed by atoms with Crippen molar-refractivity contribution in [1.82, 2.24) is 14.8 Å². The highest BCUT2D eigenvalue weighted by Crippen LogP contribution is 2.25.